The Morgan fingerprint density at radius 3 is 2.95 bits per heavy atom. The van der Waals surface area contributed by atoms with Gasteiger partial charge in [0.05, 0.1) is 16.8 Å². The first-order valence-electron chi connectivity index (χ1n) is 6.13. The molecule has 2 aromatic rings. The molecular formula is C15H15FN2OS. The van der Waals surface area contributed by atoms with E-state index in [0.29, 0.717) is 12.1 Å². The quantitative estimate of drug-likeness (QED) is 0.878. The second-order valence-corrected chi connectivity index (χ2v) is 5.14. The van der Waals surface area contributed by atoms with E-state index in [1.165, 1.54) is 6.07 Å². The first kappa shape index (κ1) is 14.7. The third kappa shape index (κ3) is 4.14. The molecule has 0 fully saturated rings. The second kappa shape index (κ2) is 7.15. The zero-order valence-corrected chi connectivity index (χ0v) is 12.0. The molecule has 20 heavy (non-hydrogen) atoms. The number of aliphatic hydroxyl groups excluding tert-OH is 1. The topological polar surface area (TPSA) is 36.4 Å². The summed E-state index contributed by atoms with van der Waals surface area (Å²) in [7, 11) is 1.99. The van der Waals surface area contributed by atoms with Gasteiger partial charge in [-0.05, 0) is 24.7 Å². The van der Waals surface area contributed by atoms with Crippen LogP contribution < -0.4 is 0 Å². The number of aromatic nitrogens is 1. The number of benzene rings is 1. The summed E-state index contributed by atoms with van der Waals surface area (Å²) < 4.78 is 13.5. The molecule has 3 nitrogen and oxygen atoms in total. The Morgan fingerprint density at radius 1 is 1.40 bits per heavy atom. The van der Waals surface area contributed by atoms with Gasteiger partial charge in [-0.2, -0.15) is 0 Å². The van der Waals surface area contributed by atoms with Crippen LogP contribution in [0.2, 0.25) is 0 Å². The number of rotatable bonds is 4. The van der Waals surface area contributed by atoms with Crippen LogP contribution in [0.5, 0.6) is 0 Å². The van der Waals surface area contributed by atoms with E-state index in [9.17, 15) is 4.39 Å². The van der Waals surface area contributed by atoms with Crippen LogP contribution in [0.4, 0.5) is 4.39 Å². The van der Waals surface area contributed by atoms with E-state index in [4.69, 9.17) is 5.11 Å². The molecule has 0 spiro atoms. The van der Waals surface area contributed by atoms with Gasteiger partial charge in [0.25, 0.3) is 0 Å². The van der Waals surface area contributed by atoms with Crippen LogP contribution in [0.3, 0.4) is 0 Å². The van der Waals surface area contributed by atoms with Gasteiger partial charge in [-0.25, -0.2) is 9.37 Å². The number of aliphatic hydroxyl groups is 1. The predicted octanol–water partition coefficient (Wildman–Crippen LogP) is 2.26. The average Bonchev–Trinajstić information content (AvgIpc) is 2.92. The number of thiazole rings is 1. The molecule has 104 valence electrons. The Morgan fingerprint density at radius 2 is 2.25 bits per heavy atom. The second-order valence-electron chi connectivity index (χ2n) is 4.43. The van der Waals surface area contributed by atoms with Crippen molar-refractivity contribution >= 4 is 11.3 Å². The molecule has 1 N–H and O–H groups in total. The zero-order valence-electron chi connectivity index (χ0n) is 11.1. The molecule has 5 heteroatoms. The first-order chi connectivity index (χ1) is 9.69. The Bertz CT molecular complexity index is 617. The van der Waals surface area contributed by atoms with Gasteiger partial charge in [0, 0.05) is 18.5 Å². The van der Waals surface area contributed by atoms with Gasteiger partial charge >= 0.3 is 0 Å². The summed E-state index contributed by atoms with van der Waals surface area (Å²) in [6.07, 6.45) is 0. The largest absolute Gasteiger partial charge is 0.384 e. The van der Waals surface area contributed by atoms with Gasteiger partial charge < -0.3 is 5.11 Å². The first-order valence-corrected chi connectivity index (χ1v) is 7.07. The third-order valence-electron chi connectivity index (χ3n) is 2.70. The Hall–Kier alpha value is -1.74. The van der Waals surface area contributed by atoms with Crippen molar-refractivity contribution in [2.45, 2.75) is 13.1 Å². The fourth-order valence-electron chi connectivity index (χ4n) is 1.86. The van der Waals surface area contributed by atoms with E-state index >= 15 is 0 Å². The molecule has 1 aromatic carbocycles. The van der Waals surface area contributed by atoms with Crippen molar-refractivity contribution in [3.63, 3.8) is 0 Å². The highest BCUT2D eigenvalue weighted by molar-refractivity contribution is 7.07. The van der Waals surface area contributed by atoms with Crippen molar-refractivity contribution in [3.05, 3.63) is 51.7 Å². The Balaban J connectivity index is 2.05. The highest BCUT2D eigenvalue weighted by Gasteiger charge is 2.06. The van der Waals surface area contributed by atoms with Gasteiger partial charge in [0.2, 0.25) is 0 Å². The van der Waals surface area contributed by atoms with E-state index < -0.39 is 0 Å². The molecule has 0 unspecified atom stereocenters. The lowest BCUT2D eigenvalue weighted by Crippen LogP contribution is -2.17. The lowest BCUT2D eigenvalue weighted by atomic mass is 10.1. The lowest BCUT2D eigenvalue weighted by molar-refractivity contribution is 0.315. The fraction of sp³-hybridized carbons (Fsp3) is 0.267. The molecule has 0 aliphatic heterocycles. The van der Waals surface area contributed by atoms with Gasteiger partial charge in [0.1, 0.15) is 12.4 Å². The minimum Gasteiger partial charge on any atom is -0.384 e. The minimum absolute atomic E-state index is 0.270. The van der Waals surface area contributed by atoms with Crippen LogP contribution in [0, 0.1) is 17.7 Å². The summed E-state index contributed by atoms with van der Waals surface area (Å²) in [6.45, 7) is 1.16. The highest BCUT2D eigenvalue weighted by atomic mass is 32.1. The van der Waals surface area contributed by atoms with E-state index in [2.05, 4.69) is 21.7 Å². The summed E-state index contributed by atoms with van der Waals surface area (Å²) in [6, 6.07) is 4.87. The van der Waals surface area contributed by atoms with Crippen molar-refractivity contribution in [3.8, 4) is 11.8 Å². The zero-order chi connectivity index (χ0) is 14.4. The molecule has 0 bridgehead atoms. The molecule has 0 saturated heterocycles. The standard InChI is InChI=1S/C15H15FN2OS/c1-18(9-14-10-20-11-17-14)8-12-4-5-15(16)13(7-12)3-2-6-19/h4-5,7,10-11,19H,6,8-9H2,1H3. The molecule has 0 amide bonds. The van der Waals surface area contributed by atoms with Crippen LogP contribution in [-0.4, -0.2) is 28.6 Å². The van der Waals surface area contributed by atoms with E-state index in [0.717, 1.165) is 17.8 Å². The summed E-state index contributed by atoms with van der Waals surface area (Å²) in [5.74, 6) is 4.72. The van der Waals surface area contributed by atoms with Crippen LogP contribution in [0.15, 0.2) is 29.1 Å². The van der Waals surface area contributed by atoms with Gasteiger partial charge in [0.15, 0.2) is 0 Å². The number of halogens is 1. The maximum absolute atomic E-state index is 13.5. The Labute approximate surface area is 121 Å². The van der Waals surface area contributed by atoms with Crippen LogP contribution in [0.25, 0.3) is 0 Å². The molecule has 0 atom stereocenters. The molecule has 1 aromatic heterocycles. The van der Waals surface area contributed by atoms with Crippen molar-refractivity contribution in [2.24, 2.45) is 0 Å². The lowest BCUT2D eigenvalue weighted by Gasteiger charge is -2.15. The molecule has 0 radical (unpaired) electrons. The normalized spacial score (nSPS) is 10.4. The van der Waals surface area contributed by atoms with Crippen molar-refractivity contribution < 1.29 is 9.50 Å². The van der Waals surface area contributed by atoms with Crippen LogP contribution in [0.1, 0.15) is 16.8 Å². The maximum atomic E-state index is 13.5. The summed E-state index contributed by atoms with van der Waals surface area (Å²) >= 11 is 1.57. The summed E-state index contributed by atoms with van der Waals surface area (Å²) in [5.41, 5.74) is 4.13. The molecule has 0 aliphatic carbocycles. The van der Waals surface area contributed by atoms with Gasteiger partial charge in [-0.3, -0.25) is 4.90 Å². The molecule has 0 aliphatic rings. The number of hydrogen-bond acceptors (Lipinski definition) is 4. The van der Waals surface area contributed by atoms with E-state index in [1.54, 1.807) is 23.5 Å². The van der Waals surface area contributed by atoms with Crippen LogP contribution in [-0.2, 0) is 13.1 Å². The molecular weight excluding hydrogens is 275 g/mol. The molecule has 0 saturated carbocycles. The Kier molecular flexibility index (Phi) is 5.24. The van der Waals surface area contributed by atoms with E-state index in [-0.39, 0.29) is 12.4 Å². The van der Waals surface area contributed by atoms with Crippen molar-refractivity contribution in [1.29, 1.82) is 0 Å². The maximum Gasteiger partial charge on any atom is 0.138 e. The number of nitrogens with zero attached hydrogens (tertiary/aromatic N) is 2. The van der Waals surface area contributed by atoms with Crippen molar-refractivity contribution in [2.75, 3.05) is 13.7 Å². The molecule has 2 rings (SSSR count). The van der Waals surface area contributed by atoms with E-state index in [1.807, 2.05) is 17.9 Å². The van der Waals surface area contributed by atoms with Crippen LogP contribution >= 0.6 is 11.3 Å². The monoisotopic (exact) mass is 290 g/mol. The van der Waals surface area contributed by atoms with Crippen molar-refractivity contribution in [1.82, 2.24) is 9.88 Å². The third-order valence-corrected chi connectivity index (χ3v) is 3.34. The SMILES string of the molecule is CN(Cc1ccc(F)c(C#CCO)c1)Cc1cscn1. The van der Waals surface area contributed by atoms with Gasteiger partial charge in [-0.15, -0.1) is 11.3 Å². The average molecular weight is 290 g/mol. The smallest absolute Gasteiger partial charge is 0.138 e. The summed E-state index contributed by atoms with van der Waals surface area (Å²) in [4.78, 5) is 6.34. The summed E-state index contributed by atoms with van der Waals surface area (Å²) in [5, 5.41) is 10.7. The fourth-order valence-corrected chi connectivity index (χ4v) is 2.41. The molecule has 1 heterocycles. The number of hydrogen-bond donors (Lipinski definition) is 1. The van der Waals surface area contributed by atoms with Gasteiger partial charge in [-0.1, -0.05) is 17.9 Å². The predicted molar refractivity (Wildman–Crippen MR) is 77.6 cm³/mol. The highest BCUT2D eigenvalue weighted by Crippen LogP contribution is 2.13. The minimum atomic E-state index is -0.364.